The monoisotopic (exact) mass is 257 g/mol. The molecule has 0 aliphatic heterocycles. The van der Waals surface area contributed by atoms with E-state index in [9.17, 15) is 13.2 Å². The van der Waals surface area contributed by atoms with Gasteiger partial charge < -0.3 is 10.2 Å². The zero-order valence-corrected chi connectivity index (χ0v) is 10.7. The van der Waals surface area contributed by atoms with Gasteiger partial charge in [0.1, 0.15) is 0 Å². The molecule has 2 amide bonds. The number of sulfonamides is 1. The molecule has 1 aromatic rings. The van der Waals surface area contributed by atoms with Crippen molar-refractivity contribution in [2.45, 2.75) is 4.90 Å². The molecule has 6 nitrogen and oxygen atoms in total. The van der Waals surface area contributed by atoms with Gasteiger partial charge in [-0.3, -0.25) is 0 Å². The summed E-state index contributed by atoms with van der Waals surface area (Å²) in [6, 6.07) is 5.65. The van der Waals surface area contributed by atoms with Crippen molar-refractivity contribution in [2.75, 3.05) is 26.5 Å². The van der Waals surface area contributed by atoms with E-state index in [1.807, 2.05) is 0 Å². The molecule has 0 fully saturated rings. The Morgan fingerprint density at radius 1 is 1.18 bits per heavy atom. The quantitative estimate of drug-likeness (QED) is 0.836. The van der Waals surface area contributed by atoms with Crippen LogP contribution in [-0.2, 0) is 10.0 Å². The van der Waals surface area contributed by atoms with E-state index >= 15 is 0 Å². The third-order valence-electron chi connectivity index (χ3n) is 2.09. The molecule has 0 saturated heterocycles. The number of rotatable bonds is 3. The molecule has 0 aliphatic carbocycles. The van der Waals surface area contributed by atoms with E-state index in [4.69, 9.17) is 0 Å². The van der Waals surface area contributed by atoms with Crippen molar-refractivity contribution >= 4 is 21.7 Å². The second kappa shape index (κ2) is 5.15. The lowest BCUT2D eigenvalue weighted by Crippen LogP contribution is -2.27. The van der Waals surface area contributed by atoms with Crippen LogP contribution in [0.4, 0.5) is 10.5 Å². The number of carbonyl (C=O) groups is 1. The van der Waals surface area contributed by atoms with E-state index in [2.05, 4.69) is 10.0 Å². The highest BCUT2D eigenvalue weighted by Gasteiger charge is 2.11. The third-order valence-corrected chi connectivity index (χ3v) is 3.52. The van der Waals surface area contributed by atoms with E-state index in [1.165, 1.54) is 36.2 Å². The molecule has 1 rings (SSSR count). The molecule has 0 atom stereocenters. The number of urea groups is 1. The van der Waals surface area contributed by atoms with Crippen LogP contribution in [-0.4, -0.2) is 40.5 Å². The van der Waals surface area contributed by atoms with Gasteiger partial charge in [-0.25, -0.2) is 17.9 Å². The number of carbonyl (C=O) groups excluding carboxylic acids is 1. The average molecular weight is 257 g/mol. The first-order valence-corrected chi connectivity index (χ1v) is 6.37. The molecule has 0 radical (unpaired) electrons. The fourth-order valence-electron chi connectivity index (χ4n) is 1.07. The van der Waals surface area contributed by atoms with Crippen LogP contribution in [0.2, 0.25) is 0 Å². The van der Waals surface area contributed by atoms with Crippen molar-refractivity contribution < 1.29 is 13.2 Å². The summed E-state index contributed by atoms with van der Waals surface area (Å²) in [5, 5.41) is 2.61. The van der Waals surface area contributed by atoms with Crippen LogP contribution in [0, 0.1) is 0 Å². The van der Waals surface area contributed by atoms with Crippen molar-refractivity contribution in [1.29, 1.82) is 0 Å². The van der Waals surface area contributed by atoms with Crippen molar-refractivity contribution in [3.8, 4) is 0 Å². The van der Waals surface area contributed by atoms with Crippen LogP contribution >= 0.6 is 0 Å². The Morgan fingerprint density at radius 2 is 1.71 bits per heavy atom. The van der Waals surface area contributed by atoms with Crippen LogP contribution in [0.3, 0.4) is 0 Å². The minimum absolute atomic E-state index is 0.155. The maximum absolute atomic E-state index is 11.4. The van der Waals surface area contributed by atoms with Gasteiger partial charge >= 0.3 is 6.03 Å². The molecule has 0 saturated carbocycles. The Labute approximate surface area is 101 Å². The van der Waals surface area contributed by atoms with Crippen molar-refractivity contribution in [2.24, 2.45) is 0 Å². The number of nitrogens with one attached hydrogen (secondary N) is 2. The SMILES string of the molecule is CNS(=O)(=O)c1ccc(NC(=O)N(C)C)cc1. The first-order chi connectivity index (χ1) is 7.86. The Balaban J connectivity index is 2.86. The summed E-state index contributed by atoms with van der Waals surface area (Å²) in [4.78, 5) is 12.9. The molecule has 0 unspecified atom stereocenters. The summed E-state index contributed by atoms with van der Waals surface area (Å²) in [5.41, 5.74) is 0.541. The van der Waals surface area contributed by atoms with Gasteiger partial charge in [-0.1, -0.05) is 0 Å². The smallest absolute Gasteiger partial charge is 0.321 e. The van der Waals surface area contributed by atoms with E-state index in [0.29, 0.717) is 5.69 Å². The first-order valence-electron chi connectivity index (χ1n) is 4.89. The van der Waals surface area contributed by atoms with Gasteiger partial charge in [-0.15, -0.1) is 0 Å². The van der Waals surface area contributed by atoms with Gasteiger partial charge in [0.25, 0.3) is 0 Å². The highest BCUT2D eigenvalue weighted by Crippen LogP contribution is 2.13. The Morgan fingerprint density at radius 3 is 2.12 bits per heavy atom. The lowest BCUT2D eigenvalue weighted by Gasteiger charge is -2.12. The molecule has 17 heavy (non-hydrogen) atoms. The van der Waals surface area contributed by atoms with Crippen molar-refractivity contribution in [3.05, 3.63) is 24.3 Å². The molecule has 0 spiro atoms. The Hall–Kier alpha value is -1.60. The van der Waals surface area contributed by atoms with Crippen LogP contribution in [0.15, 0.2) is 29.2 Å². The van der Waals surface area contributed by atoms with Crippen molar-refractivity contribution in [1.82, 2.24) is 9.62 Å². The number of nitrogens with zero attached hydrogens (tertiary/aromatic N) is 1. The minimum atomic E-state index is -3.43. The van der Waals surface area contributed by atoms with E-state index in [-0.39, 0.29) is 10.9 Å². The number of amides is 2. The number of benzene rings is 1. The second-order valence-electron chi connectivity index (χ2n) is 3.56. The van der Waals surface area contributed by atoms with Crippen molar-refractivity contribution in [3.63, 3.8) is 0 Å². The Bertz CT molecular complexity index is 494. The molecule has 0 aliphatic rings. The predicted octanol–water partition coefficient (Wildman–Crippen LogP) is 0.688. The third kappa shape index (κ3) is 3.43. The van der Waals surface area contributed by atoms with Gasteiger partial charge in [0, 0.05) is 19.8 Å². The average Bonchev–Trinajstić information content (AvgIpc) is 2.29. The highest BCUT2D eigenvalue weighted by atomic mass is 32.2. The largest absolute Gasteiger partial charge is 0.331 e. The Kier molecular flexibility index (Phi) is 4.08. The standard InChI is InChI=1S/C10H15N3O3S/c1-11-17(15,16)9-6-4-8(5-7-9)12-10(14)13(2)3/h4-7,11H,1-3H3,(H,12,14). The first kappa shape index (κ1) is 13.5. The van der Waals surface area contributed by atoms with Gasteiger partial charge in [0.05, 0.1) is 4.90 Å². The molecular weight excluding hydrogens is 242 g/mol. The summed E-state index contributed by atoms with van der Waals surface area (Å²) in [6.45, 7) is 0. The topological polar surface area (TPSA) is 78.5 Å². The molecule has 0 heterocycles. The fourth-order valence-corrected chi connectivity index (χ4v) is 1.80. The van der Waals surface area contributed by atoms with E-state index < -0.39 is 10.0 Å². The number of anilines is 1. The predicted molar refractivity (Wildman–Crippen MR) is 65.4 cm³/mol. The lowest BCUT2D eigenvalue weighted by molar-refractivity contribution is 0.230. The van der Waals surface area contributed by atoms with Crippen LogP contribution in [0.1, 0.15) is 0 Å². The molecule has 0 aromatic heterocycles. The molecule has 0 bridgehead atoms. The van der Waals surface area contributed by atoms with Gasteiger partial charge in [-0.2, -0.15) is 0 Å². The molecule has 2 N–H and O–H groups in total. The fraction of sp³-hybridized carbons (Fsp3) is 0.300. The lowest BCUT2D eigenvalue weighted by atomic mass is 10.3. The maximum Gasteiger partial charge on any atom is 0.321 e. The second-order valence-corrected chi connectivity index (χ2v) is 5.44. The zero-order chi connectivity index (χ0) is 13.1. The zero-order valence-electron chi connectivity index (χ0n) is 9.89. The van der Waals surface area contributed by atoms with Crippen LogP contribution in [0.5, 0.6) is 0 Å². The maximum atomic E-state index is 11.4. The van der Waals surface area contributed by atoms with E-state index in [1.54, 1.807) is 14.1 Å². The van der Waals surface area contributed by atoms with Crippen LogP contribution < -0.4 is 10.0 Å². The normalized spacial score (nSPS) is 11.0. The number of hydrogen-bond donors (Lipinski definition) is 2. The van der Waals surface area contributed by atoms with E-state index in [0.717, 1.165) is 0 Å². The highest BCUT2D eigenvalue weighted by molar-refractivity contribution is 7.89. The number of hydrogen-bond acceptors (Lipinski definition) is 3. The van der Waals surface area contributed by atoms with Gasteiger partial charge in [-0.05, 0) is 31.3 Å². The van der Waals surface area contributed by atoms with Crippen LogP contribution in [0.25, 0.3) is 0 Å². The summed E-state index contributed by atoms with van der Waals surface area (Å²) in [7, 11) is 1.15. The summed E-state index contributed by atoms with van der Waals surface area (Å²) in [5.74, 6) is 0. The summed E-state index contributed by atoms with van der Waals surface area (Å²) >= 11 is 0. The molecule has 7 heteroatoms. The molecule has 94 valence electrons. The summed E-state index contributed by atoms with van der Waals surface area (Å²) < 4.78 is 25.1. The van der Waals surface area contributed by atoms with Gasteiger partial charge in [0.15, 0.2) is 0 Å². The molecular formula is C10H15N3O3S. The van der Waals surface area contributed by atoms with Gasteiger partial charge in [0.2, 0.25) is 10.0 Å². The molecule has 1 aromatic carbocycles. The summed E-state index contributed by atoms with van der Waals surface area (Å²) in [6.07, 6.45) is 0. The minimum Gasteiger partial charge on any atom is -0.331 e.